The van der Waals surface area contributed by atoms with Crippen molar-refractivity contribution in [2.24, 2.45) is 0 Å². The van der Waals surface area contributed by atoms with Crippen LogP contribution < -0.4 is 0 Å². The minimum absolute atomic E-state index is 0.261. The molecule has 0 aromatic heterocycles. The first-order chi connectivity index (χ1) is 9.79. The van der Waals surface area contributed by atoms with Crippen LogP contribution in [0.25, 0.3) is 0 Å². The lowest BCUT2D eigenvalue weighted by Crippen LogP contribution is -2.16. The van der Waals surface area contributed by atoms with E-state index in [0.29, 0.717) is 5.56 Å². The van der Waals surface area contributed by atoms with Gasteiger partial charge in [0, 0.05) is 0 Å². The van der Waals surface area contributed by atoms with Crippen molar-refractivity contribution >= 4 is 5.97 Å². The van der Waals surface area contributed by atoms with Crippen LogP contribution in [0.4, 0.5) is 0 Å². The van der Waals surface area contributed by atoms with Gasteiger partial charge in [0.15, 0.2) is 0 Å². The summed E-state index contributed by atoms with van der Waals surface area (Å²) in [7, 11) is 0. The van der Waals surface area contributed by atoms with Crippen molar-refractivity contribution in [3.63, 3.8) is 0 Å². The Balaban J connectivity index is 1.89. The van der Waals surface area contributed by atoms with Gasteiger partial charge in [-0.25, -0.2) is 4.79 Å². The zero-order chi connectivity index (χ0) is 14.2. The molecule has 0 radical (unpaired) electrons. The Morgan fingerprint density at radius 3 is 2.25 bits per heavy atom. The molecule has 0 unspecified atom stereocenters. The Bertz CT molecular complexity index is 546. The van der Waals surface area contributed by atoms with Crippen molar-refractivity contribution in [2.75, 3.05) is 0 Å². The highest BCUT2D eigenvalue weighted by atomic mass is 16.5. The summed E-state index contributed by atoms with van der Waals surface area (Å²) < 4.78 is 5.45. The molecule has 0 spiro atoms. The number of carbonyl (C=O) groups is 1. The first-order valence-corrected chi connectivity index (χ1v) is 6.72. The number of benzene rings is 2. The predicted molar refractivity (Wildman–Crippen MR) is 80.6 cm³/mol. The molecule has 0 aliphatic rings. The molecule has 0 saturated carbocycles. The van der Waals surface area contributed by atoms with Gasteiger partial charge in [-0.05, 0) is 30.5 Å². The number of carbonyl (C=O) groups excluding carboxylic acids is 1. The summed E-state index contributed by atoms with van der Waals surface area (Å²) >= 11 is 0. The molecule has 2 heteroatoms. The zero-order valence-electron chi connectivity index (χ0n) is 11.4. The SMILES string of the molecule is C=C[C@@H](CCc1ccccc1)OC(=O)c1ccccc1. The summed E-state index contributed by atoms with van der Waals surface area (Å²) in [5.74, 6) is -0.302. The summed E-state index contributed by atoms with van der Waals surface area (Å²) in [5, 5.41) is 0. The largest absolute Gasteiger partial charge is 0.455 e. The second-order valence-corrected chi connectivity index (χ2v) is 4.57. The smallest absolute Gasteiger partial charge is 0.338 e. The molecule has 2 nitrogen and oxygen atoms in total. The van der Waals surface area contributed by atoms with Gasteiger partial charge in [-0.1, -0.05) is 61.2 Å². The van der Waals surface area contributed by atoms with Crippen molar-refractivity contribution < 1.29 is 9.53 Å². The molecular formula is C18H18O2. The summed E-state index contributed by atoms with van der Waals surface area (Å²) in [5.41, 5.74) is 1.80. The molecule has 0 heterocycles. The number of rotatable bonds is 6. The average molecular weight is 266 g/mol. The fourth-order valence-electron chi connectivity index (χ4n) is 1.96. The Morgan fingerprint density at radius 1 is 1.05 bits per heavy atom. The highest BCUT2D eigenvalue weighted by molar-refractivity contribution is 5.89. The van der Waals surface area contributed by atoms with Gasteiger partial charge in [0.25, 0.3) is 0 Å². The third kappa shape index (κ3) is 4.09. The number of aryl methyl sites for hydroxylation is 1. The second kappa shape index (κ2) is 7.29. The van der Waals surface area contributed by atoms with Gasteiger partial charge in [-0.3, -0.25) is 0 Å². The summed E-state index contributed by atoms with van der Waals surface area (Å²) in [6.45, 7) is 3.74. The fourth-order valence-corrected chi connectivity index (χ4v) is 1.96. The molecule has 0 aliphatic heterocycles. The van der Waals surface area contributed by atoms with Crippen molar-refractivity contribution in [1.29, 1.82) is 0 Å². The molecule has 0 fully saturated rings. The van der Waals surface area contributed by atoms with E-state index in [1.54, 1.807) is 18.2 Å². The summed E-state index contributed by atoms with van der Waals surface area (Å²) in [6.07, 6.45) is 3.03. The van der Waals surface area contributed by atoms with E-state index in [-0.39, 0.29) is 12.1 Å². The predicted octanol–water partition coefficient (Wildman–Crippen LogP) is 4.03. The third-order valence-corrected chi connectivity index (χ3v) is 3.09. The van der Waals surface area contributed by atoms with Crippen LogP contribution in [0.3, 0.4) is 0 Å². The van der Waals surface area contributed by atoms with Crippen LogP contribution in [0, 0.1) is 0 Å². The van der Waals surface area contributed by atoms with Gasteiger partial charge in [-0.15, -0.1) is 0 Å². The zero-order valence-corrected chi connectivity index (χ0v) is 11.4. The molecule has 2 aromatic rings. The molecule has 20 heavy (non-hydrogen) atoms. The maximum atomic E-state index is 12.0. The van der Waals surface area contributed by atoms with E-state index in [0.717, 1.165) is 12.8 Å². The van der Waals surface area contributed by atoms with E-state index in [9.17, 15) is 4.79 Å². The molecule has 0 bridgehead atoms. The fraction of sp³-hybridized carbons (Fsp3) is 0.167. The minimum atomic E-state index is -0.302. The van der Waals surface area contributed by atoms with Crippen LogP contribution in [0.1, 0.15) is 22.3 Å². The lowest BCUT2D eigenvalue weighted by atomic mass is 10.1. The number of hydrogen-bond donors (Lipinski definition) is 0. The average Bonchev–Trinajstić information content (AvgIpc) is 2.53. The molecule has 0 amide bonds. The van der Waals surface area contributed by atoms with Gasteiger partial charge in [0.1, 0.15) is 6.10 Å². The van der Waals surface area contributed by atoms with Gasteiger partial charge in [-0.2, -0.15) is 0 Å². The Hall–Kier alpha value is -2.35. The number of hydrogen-bond acceptors (Lipinski definition) is 2. The lowest BCUT2D eigenvalue weighted by molar-refractivity contribution is 0.0381. The Morgan fingerprint density at radius 2 is 1.65 bits per heavy atom. The molecule has 0 saturated heterocycles. The Kier molecular flexibility index (Phi) is 5.13. The van der Waals surface area contributed by atoms with E-state index in [4.69, 9.17) is 4.74 Å². The molecule has 2 aromatic carbocycles. The van der Waals surface area contributed by atoms with Crippen molar-refractivity contribution in [3.05, 3.63) is 84.4 Å². The monoisotopic (exact) mass is 266 g/mol. The summed E-state index contributed by atoms with van der Waals surface area (Å²) in [6, 6.07) is 19.2. The number of ether oxygens (including phenoxy) is 1. The van der Waals surface area contributed by atoms with E-state index in [2.05, 4.69) is 18.7 Å². The molecule has 2 rings (SSSR count). The lowest BCUT2D eigenvalue weighted by Gasteiger charge is -2.14. The maximum absolute atomic E-state index is 12.0. The quantitative estimate of drug-likeness (QED) is 0.583. The van der Waals surface area contributed by atoms with Crippen LogP contribution in [0.5, 0.6) is 0 Å². The topological polar surface area (TPSA) is 26.3 Å². The van der Waals surface area contributed by atoms with Gasteiger partial charge >= 0.3 is 5.97 Å². The Labute approximate surface area is 119 Å². The van der Waals surface area contributed by atoms with Crippen LogP contribution in [0.15, 0.2) is 73.3 Å². The van der Waals surface area contributed by atoms with Crippen molar-refractivity contribution in [3.8, 4) is 0 Å². The molecular weight excluding hydrogens is 248 g/mol. The highest BCUT2D eigenvalue weighted by Gasteiger charge is 2.12. The van der Waals surface area contributed by atoms with Crippen LogP contribution in [0.2, 0.25) is 0 Å². The summed E-state index contributed by atoms with van der Waals surface area (Å²) in [4.78, 5) is 12.0. The van der Waals surface area contributed by atoms with E-state index >= 15 is 0 Å². The molecule has 0 N–H and O–H groups in total. The van der Waals surface area contributed by atoms with E-state index < -0.39 is 0 Å². The normalized spacial score (nSPS) is 11.6. The molecule has 0 aliphatic carbocycles. The van der Waals surface area contributed by atoms with Crippen LogP contribution >= 0.6 is 0 Å². The van der Waals surface area contributed by atoms with Gasteiger partial charge < -0.3 is 4.74 Å². The second-order valence-electron chi connectivity index (χ2n) is 4.57. The first-order valence-electron chi connectivity index (χ1n) is 6.72. The maximum Gasteiger partial charge on any atom is 0.338 e. The van der Waals surface area contributed by atoms with Crippen molar-refractivity contribution in [1.82, 2.24) is 0 Å². The van der Waals surface area contributed by atoms with Crippen LogP contribution in [-0.4, -0.2) is 12.1 Å². The third-order valence-electron chi connectivity index (χ3n) is 3.09. The number of esters is 1. The first kappa shape index (κ1) is 14.1. The van der Waals surface area contributed by atoms with Crippen molar-refractivity contribution in [2.45, 2.75) is 18.9 Å². The minimum Gasteiger partial charge on any atom is -0.455 e. The molecule has 102 valence electrons. The molecule has 1 atom stereocenters. The standard InChI is InChI=1S/C18H18O2/c1-2-17(14-13-15-9-5-3-6-10-15)20-18(19)16-11-7-4-8-12-16/h2-12,17H,1,13-14H2/t17-/m0/s1. The van der Waals surface area contributed by atoms with Crippen LogP contribution in [-0.2, 0) is 11.2 Å². The van der Waals surface area contributed by atoms with Gasteiger partial charge in [0.05, 0.1) is 5.56 Å². The van der Waals surface area contributed by atoms with E-state index in [1.165, 1.54) is 5.56 Å². The van der Waals surface area contributed by atoms with E-state index in [1.807, 2.05) is 36.4 Å². The van der Waals surface area contributed by atoms with Gasteiger partial charge in [0.2, 0.25) is 0 Å². The highest BCUT2D eigenvalue weighted by Crippen LogP contribution is 2.11.